The molecule has 0 amide bonds. The van der Waals surface area contributed by atoms with Crippen molar-refractivity contribution >= 4 is 27.5 Å². The number of allylic oxidation sites excluding steroid dienone is 1. The summed E-state index contributed by atoms with van der Waals surface area (Å²) in [6.45, 7) is 7.93. The van der Waals surface area contributed by atoms with E-state index >= 15 is 0 Å². The van der Waals surface area contributed by atoms with Crippen LogP contribution in [-0.2, 0) is 6.54 Å². The van der Waals surface area contributed by atoms with Crippen molar-refractivity contribution in [1.29, 1.82) is 0 Å². The molecule has 0 spiro atoms. The molecule has 2 aromatic heterocycles. The van der Waals surface area contributed by atoms with E-state index in [1.807, 2.05) is 13.8 Å². The Kier molecular flexibility index (Phi) is 2.99. The number of nitrogens with two attached hydrogens (primary N) is 1. The molecule has 2 heterocycles. The van der Waals surface area contributed by atoms with Gasteiger partial charge in [-0.1, -0.05) is 6.08 Å². The molecule has 2 aromatic rings. The number of aromatic nitrogens is 2. The third kappa shape index (κ3) is 1.75. The Morgan fingerprint density at radius 3 is 2.88 bits per heavy atom. The number of aryl methyl sites for hydroxylation is 2. The zero-order chi connectivity index (χ0) is 12.6. The number of hydrogen-bond donors (Lipinski definition) is 2. The Labute approximate surface area is 103 Å². The van der Waals surface area contributed by atoms with E-state index in [0.29, 0.717) is 17.9 Å². The normalized spacial score (nSPS) is 10.8. The van der Waals surface area contributed by atoms with E-state index in [1.54, 1.807) is 6.08 Å². The molecule has 17 heavy (non-hydrogen) atoms. The Morgan fingerprint density at radius 2 is 2.29 bits per heavy atom. The minimum Gasteiger partial charge on any atom is -0.294 e. The van der Waals surface area contributed by atoms with Gasteiger partial charge in [0.05, 0.1) is 5.39 Å². The summed E-state index contributed by atoms with van der Waals surface area (Å²) >= 11 is 1.50. The fourth-order valence-corrected chi connectivity index (χ4v) is 2.76. The van der Waals surface area contributed by atoms with Crippen molar-refractivity contribution in [1.82, 2.24) is 9.55 Å². The minimum absolute atomic E-state index is 0.0790. The number of rotatable bonds is 3. The van der Waals surface area contributed by atoms with Crippen molar-refractivity contribution in [3.63, 3.8) is 0 Å². The number of hydrogen-bond acceptors (Lipinski definition) is 5. The van der Waals surface area contributed by atoms with Crippen molar-refractivity contribution in [3.8, 4) is 0 Å². The van der Waals surface area contributed by atoms with Crippen LogP contribution in [0.15, 0.2) is 17.4 Å². The maximum atomic E-state index is 12.3. The van der Waals surface area contributed by atoms with Crippen LogP contribution in [0.25, 0.3) is 10.2 Å². The largest absolute Gasteiger partial charge is 0.294 e. The lowest BCUT2D eigenvalue weighted by atomic mass is 10.2. The second-order valence-electron chi connectivity index (χ2n) is 3.75. The summed E-state index contributed by atoms with van der Waals surface area (Å²) in [5.74, 6) is 5.75. The van der Waals surface area contributed by atoms with Crippen LogP contribution in [0.3, 0.4) is 0 Å². The van der Waals surface area contributed by atoms with E-state index in [1.165, 1.54) is 15.9 Å². The lowest BCUT2D eigenvalue weighted by molar-refractivity contribution is 0.774. The third-order valence-electron chi connectivity index (χ3n) is 2.73. The van der Waals surface area contributed by atoms with Crippen LogP contribution in [0, 0.1) is 13.8 Å². The lowest BCUT2D eigenvalue weighted by Gasteiger charge is -2.09. The molecule has 3 N–H and O–H groups in total. The standard InChI is InChI=1S/C11H14N4OS/c1-4-5-15-10(16)8-6(2)7(3)17-9(8)13-11(15)14-12/h4H,1,5,12H2,2-3H3,(H,13,14). The van der Waals surface area contributed by atoms with E-state index in [0.717, 1.165) is 15.3 Å². The van der Waals surface area contributed by atoms with Crippen molar-refractivity contribution in [2.75, 3.05) is 5.43 Å². The van der Waals surface area contributed by atoms with Gasteiger partial charge in [-0.2, -0.15) is 0 Å². The number of thiophene rings is 1. The molecule has 0 saturated carbocycles. The van der Waals surface area contributed by atoms with Gasteiger partial charge in [0.1, 0.15) is 4.83 Å². The fraction of sp³-hybridized carbons (Fsp3) is 0.273. The first kappa shape index (κ1) is 11.8. The molecule has 0 saturated heterocycles. The van der Waals surface area contributed by atoms with Gasteiger partial charge in [0, 0.05) is 11.4 Å². The van der Waals surface area contributed by atoms with Crippen LogP contribution in [0.1, 0.15) is 10.4 Å². The molecule has 0 radical (unpaired) electrons. The highest BCUT2D eigenvalue weighted by atomic mass is 32.1. The predicted octanol–water partition coefficient (Wildman–Crippen LogP) is 1.55. The maximum Gasteiger partial charge on any atom is 0.264 e. The van der Waals surface area contributed by atoms with E-state index < -0.39 is 0 Å². The van der Waals surface area contributed by atoms with E-state index in [4.69, 9.17) is 5.84 Å². The Hall–Kier alpha value is -1.66. The summed E-state index contributed by atoms with van der Waals surface area (Å²) < 4.78 is 1.48. The van der Waals surface area contributed by atoms with Gasteiger partial charge < -0.3 is 0 Å². The molecule has 0 fully saturated rings. The number of nitrogen functional groups attached to an aromatic ring is 1. The smallest absolute Gasteiger partial charge is 0.264 e. The quantitative estimate of drug-likeness (QED) is 0.492. The Bertz CT molecular complexity index is 641. The molecule has 0 aliphatic carbocycles. The number of nitrogens with one attached hydrogen (secondary N) is 1. The zero-order valence-corrected chi connectivity index (χ0v) is 10.6. The van der Waals surface area contributed by atoms with Crippen LogP contribution in [-0.4, -0.2) is 9.55 Å². The number of hydrazine groups is 1. The van der Waals surface area contributed by atoms with Gasteiger partial charge in [0.2, 0.25) is 5.95 Å². The van der Waals surface area contributed by atoms with Gasteiger partial charge in [-0.25, -0.2) is 10.8 Å². The van der Waals surface area contributed by atoms with Crippen molar-refractivity contribution < 1.29 is 0 Å². The van der Waals surface area contributed by atoms with Crippen LogP contribution >= 0.6 is 11.3 Å². The number of nitrogens with zero attached hydrogens (tertiary/aromatic N) is 2. The second kappa shape index (κ2) is 4.31. The Balaban J connectivity index is 2.88. The molecule has 6 heteroatoms. The van der Waals surface area contributed by atoms with Crippen LogP contribution in [0.2, 0.25) is 0 Å². The lowest BCUT2D eigenvalue weighted by Crippen LogP contribution is -2.26. The molecule has 0 aliphatic heterocycles. The van der Waals surface area contributed by atoms with Crippen molar-refractivity contribution in [2.24, 2.45) is 5.84 Å². The first-order valence-electron chi connectivity index (χ1n) is 5.18. The van der Waals surface area contributed by atoms with E-state index in [9.17, 15) is 4.79 Å². The van der Waals surface area contributed by atoms with Gasteiger partial charge in [-0.3, -0.25) is 14.8 Å². The molecule has 0 aromatic carbocycles. The molecule has 2 rings (SSSR count). The summed E-state index contributed by atoms with van der Waals surface area (Å²) in [6.07, 6.45) is 1.64. The highest BCUT2D eigenvalue weighted by Crippen LogP contribution is 2.26. The highest BCUT2D eigenvalue weighted by Gasteiger charge is 2.14. The van der Waals surface area contributed by atoms with Gasteiger partial charge in [-0.15, -0.1) is 17.9 Å². The summed E-state index contributed by atoms with van der Waals surface area (Å²) in [6, 6.07) is 0. The summed E-state index contributed by atoms with van der Waals surface area (Å²) in [5, 5.41) is 0.674. The highest BCUT2D eigenvalue weighted by molar-refractivity contribution is 7.18. The fourth-order valence-electron chi connectivity index (χ4n) is 1.74. The molecule has 0 aliphatic rings. The van der Waals surface area contributed by atoms with E-state index in [-0.39, 0.29) is 5.56 Å². The summed E-state index contributed by atoms with van der Waals surface area (Å²) in [7, 11) is 0. The van der Waals surface area contributed by atoms with Gasteiger partial charge in [-0.05, 0) is 19.4 Å². The van der Waals surface area contributed by atoms with E-state index in [2.05, 4.69) is 17.0 Å². The first-order valence-corrected chi connectivity index (χ1v) is 5.99. The van der Waals surface area contributed by atoms with Crippen LogP contribution < -0.4 is 16.8 Å². The monoisotopic (exact) mass is 250 g/mol. The predicted molar refractivity (Wildman–Crippen MR) is 71.4 cm³/mol. The zero-order valence-electron chi connectivity index (χ0n) is 9.78. The molecular weight excluding hydrogens is 236 g/mol. The first-order chi connectivity index (χ1) is 8.10. The Morgan fingerprint density at radius 1 is 1.59 bits per heavy atom. The van der Waals surface area contributed by atoms with Crippen molar-refractivity contribution in [2.45, 2.75) is 20.4 Å². The summed E-state index contributed by atoms with van der Waals surface area (Å²) in [4.78, 5) is 18.5. The average Bonchev–Trinajstić information content (AvgIpc) is 2.59. The molecular formula is C11H14N4OS. The van der Waals surface area contributed by atoms with Crippen molar-refractivity contribution in [3.05, 3.63) is 33.4 Å². The molecule has 90 valence electrons. The molecule has 0 unspecified atom stereocenters. The second-order valence-corrected chi connectivity index (χ2v) is 4.95. The maximum absolute atomic E-state index is 12.3. The molecule has 5 nitrogen and oxygen atoms in total. The molecule has 0 bridgehead atoms. The topological polar surface area (TPSA) is 72.9 Å². The van der Waals surface area contributed by atoms with Gasteiger partial charge in [0.15, 0.2) is 0 Å². The van der Waals surface area contributed by atoms with Crippen LogP contribution in [0.5, 0.6) is 0 Å². The SMILES string of the molecule is C=CCn1c(NN)nc2sc(C)c(C)c2c1=O. The van der Waals surface area contributed by atoms with Gasteiger partial charge in [0.25, 0.3) is 5.56 Å². The van der Waals surface area contributed by atoms with Crippen LogP contribution in [0.4, 0.5) is 5.95 Å². The average molecular weight is 250 g/mol. The minimum atomic E-state index is -0.0790. The van der Waals surface area contributed by atoms with Gasteiger partial charge >= 0.3 is 0 Å². The summed E-state index contributed by atoms with van der Waals surface area (Å²) in [5.41, 5.74) is 3.36. The number of fused-ring (bicyclic) bond motifs is 1. The molecule has 0 atom stereocenters. The number of anilines is 1. The third-order valence-corrected chi connectivity index (χ3v) is 3.83.